The van der Waals surface area contributed by atoms with E-state index in [0.717, 1.165) is 17.7 Å². The lowest BCUT2D eigenvalue weighted by atomic mass is 9.98. The predicted molar refractivity (Wildman–Crippen MR) is 64.1 cm³/mol. The molecule has 88 valence electrons. The van der Waals surface area contributed by atoms with E-state index in [1.165, 1.54) is 0 Å². The summed E-state index contributed by atoms with van der Waals surface area (Å²) in [4.78, 5) is 0. The molecule has 4 nitrogen and oxygen atoms in total. The molecule has 1 atom stereocenters. The minimum Gasteiger partial charge on any atom is -0.485 e. The average Bonchev–Trinajstić information content (AvgIpc) is 2.35. The number of amidine groups is 1. The van der Waals surface area contributed by atoms with Crippen molar-refractivity contribution in [2.24, 2.45) is 10.9 Å². The third kappa shape index (κ3) is 3.15. The Balaban J connectivity index is 2.79. The molecule has 1 unspecified atom stereocenters. The fourth-order valence-electron chi connectivity index (χ4n) is 1.42. The molecule has 16 heavy (non-hydrogen) atoms. The summed E-state index contributed by atoms with van der Waals surface area (Å²) in [7, 11) is 0. The first-order valence-electron chi connectivity index (χ1n) is 5.37. The number of ether oxygens (including phenoxy) is 1. The van der Waals surface area contributed by atoms with E-state index in [1.54, 1.807) is 0 Å². The van der Waals surface area contributed by atoms with Crippen LogP contribution in [-0.4, -0.2) is 17.6 Å². The lowest BCUT2D eigenvalue weighted by Gasteiger charge is -2.15. The van der Waals surface area contributed by atoms with Crippen LogP contribution in [0.5, 0.6) is 5.75 Å². The van der Waals surface area contributed by atoms with Crippen LogP contribution in [0.2, 0.25) is 0 Å². The fraction of sp³-hybridized carbons (Fsp3) is 0.417. The van der Waals surface area contributed by atoms with E-state index in [0.29, 0.717) is 5.92 Å². The third-order valence-corrected chi connectivity index (χ3v) is 2.57. The van der Waals surface area contributed by atoms with Crippen LogP contribution >= 0.6 is 0 Å². The van der Waals surface area contributed by atoms with Crippen LogP contribution in [0.25, 0.3) is 0 Å². The Morgan fingerprint density at radius 3 is 2.81 bits per heavy atom. The highest BCUT2D eigenvalue weighted by Gasteiger charge is 2.09. The van der Waals surface area contributed by atoms with E-state index in [1.807, 2.05) is 24.3 Å². The second kappa shape index (κ2) is 6.00. The third-order valence-electron chi connectivity index (χ3n) is 2.57. The minimum absolute atomic E-state index is 0.0685. The highest BCUT2D eigenvalue weighted by Crippen LogP contribution is 2.28. The van der Waals surface area contributed by atoms with Crippen molar-refractivity contribution in [2.75, 3.05) is 6.61 Å². The molecule has 3 N–H and O–H groups in total. The first kappa shape index (κ1) is 12.4. The molecule has 0 bridgehead atoms. The van der Waals surface area contributed by atoms with Gasteiger partial charge < -0.3 is 15.7 Å². The van der Waals surface area contributed by atoms with E-state index in [9.17, 15) is 0 Å². The second-order valence-electron chi connectivity index (χ2n) is 3.73. The Bertz CT molecular complexity index is 364. The fourth-order valence-corrected chi connectivity index (χ4v) is 1.42. The molecule has 0 saturated heterocycles. The van der Waals surface area contributed by atoms with Crippen molar-refractivity contribution in [3.8, 4) is 5.75 Å². The van der Waals surface area contributed by atoms with E-state index >= 15 is 0 Å². The molecule has 0 heterocycles. The largest absolute Gasteiger partial charge is 0.485 e. The first-order chi connectivity index (χ1) is 7.69. The Kier molecular flexibility index (Phi) is 4.64. The van der Waals surface area contributed by atoms with E-state index in [2.05, 4.69) is 19.0 Å². The molecule has 1 aromatic rings. The molecular weight excluding hydrogens is 204 g/mol. The van der Waals surface area contributed by atoms with Crippen LogP contribution in [0.3, 0.4) is 0 Å². The molecule has 0 aliphatic heterocycles. The van der Waals surface area contributed by atoms with Gasteiger partial charge >= 0.3 is 0 Å². The SMILES string of the molecule is CCC(C)c1ccccc1OC/C(N)=N/O. The van der Waals surface area contributed by atoms with Crippen molar-refractivity contribution >= 4 is 5.84 Å². The van der Waals surface area contributed by atoms with Gasteiger partial charge in [0, 0.05) is 0 Å². The van der Waals surface area contributed by atoms with Crippen molar-refractivity contribution in [1.29, 1.82) is 0 Å². The quantitative estimate of drug-likeness (QED) is 0.348. The number of benzene rings is 1. The maximum atomic E-state index is 8.42. The maximum absolute atomic E-state index is 8.42. The molecule has 0 spiro atoms. The van der Waals surface area contributed by atoms with E-state index < -0.39 is 0 Å². The molecule has 1 rings (SSSR count). The minimum atomic E-state index is 0.0685. The summed E-state index contributed by atoms with van der Waals surface area (Å²) in [6, 6.07) is 7.83. The number of oxime groups is 1. The molecule has 0 aromatic heterocycles. The second-order valence-corrected chi connectivity index (χ2v) is 3.73. The summed E-state index contributed by atoms with van der Waals surface area (Å²) in [6.07, 6.45) is 1.05. The van der Waals surface area contributed by atoms with Gasteiger partial charge in [-0.15, -0.1) is 0 Å². The van der Waals surface area contributed by atoms with Gasteiger partial charge in [0.05, 0.1) is 0 Å². The average molecular weight is 222 g/mol. The maximum Gasteiger partial charge on any atom is 0.177 e. The van der Waals surface area contributed by atoms with Gasteiger partial charge in [-0.05, 0) is 24.0 Å². The number of hydrogen-bond acceptors (Lipinski definition) is 3. The van der Waals surface area contributed by atoms with Gasteiger partial charge in [-0.25, -0.2) is 0 Å². The van der Waals surface area contributed by atoms with Crippen LogP contribution in [0, 0.1) is 0 Å². The van der Waals surface area contributed by atoms with Crippen molar-refractivity contribution in [3.05, 3.63) is 29.8 Å². The Labute approximate surface area is 95.7 Å². The van der Waals surface area contributed by atoms with Gasteiger partial charge in [0.1, 0.15) is 12.4 Å². The zero-order valence-corrected chi connectivity index (χ0v) is 9.68. The van der Waals surface area contributed by atoms with Gasteiger partial charge in [-0.2, -0.15) is 0 Å². The molecule has 0 amide bonds. The van der Waals surface area contributed by atoms with Crippen molar-refractivity contribution < 1.29 is 9.94 Å². The topological polar surface area (TPSA) is 67.8 Å². The van der Waals surface area contributed by atoms with Crippen molar-refractivity contribution in [1.82, 2.24) is 0 Å². The first-order valence-corrected chi connectivity index (χ1v) is 5.37. The van der Waals surface area contributed by atoms with Gasteiger partial charge in [0.25, 0.3) is 0 Å². The van der Waals surface area contributed by atoms with Crippen LogP contribution < -0.4 is 10.5 Å². The summed E-state index contributed by atoms with van der Waals surface area (Å²) in [5.41, 5.74) is 6.50. The van der Waals surface area contributed by atoms with Crippen LogP contribution in [0.15, 0.2) is 29.4 Å². The zero-order chi connectivity index (χ0) is 12.0. The predicted octanol–water partition coefficient (Wildman–Crippen LogP) is 2.33. The molecule has 0 aliphatic carbocycles. The lowest BCUT2D eigenvalue weighted by molar-refractivity contribution is 0.305. The van der Waals surface area contributed by atoms with Crippen molar-refractivity contribution in [3.63, 3.8) is 0 Å². The molecule has 0 radical (unpaired) electrons. The summed E-state index contributed by atoms with van der Waals surface area (Å²) in [5.74, 6) is 1.30. The number of nitrogens with two attached hydrogens (primary N) is 1. The zero-order valence-electron chi connectivity index (χ0n) is 9.68. The van der Waals surface area contributed by atoms with Crippen LogP contribution in [0.4, 0.5) is 0 Å². The normalized spacial score (nSPS) is 13.5. The Morgan fingerprint density at radius 2 is 2.19 bits per heavy atom. The molecular formula is C12H18N2O2. The summed E-state index contributed by atoms with van der Waals surface area (Å²) >= 11 is 0. The van der Waals surface area contributed by atoms with Gasteiger partial charge in [-0.3, -0.25) is 0 Å². The van der Waals surface area contributed by atoms with Gasteiger partial charge in [0.15, 0.2) is 5.84 Å². The van der Waals surface area contributed by atoms with E-state index in [4.69, 9.17) is 15.7 Å². The number of rotatable bonds is 5. The molecule has 4 heteroatoms. The standard InChI is InChI=1S/C12H18N2O2/c1-3-9(2)10-6-4-5-7-11(10)16-8-12(13)14-15/h4-7,9,15H,3,8H2,1-2H3,(H2,13,14). The van der Waals surface area contributed by atoms with E-state index in [-0.39, 0.29) is 12.4 Å². The number of hydrogen-bond donors (Lipinski definition) is 2. The van der Waals surface area contributed by atoms with Crippen LogP contribution in [-0.2, 0) is 0 Å². The summed E-state index contributed by atoms with van der Waals surface area (Å²) in [6.45, 7) is 4.38. The number of para-hydroxylation sites is 1. The highest BCUT2D eigenvalue weighted by molar-refractivity contribution is 5.81. The summed E-state index contributed by atoms with van der Waals surface area (Å²) in [5, 5.41) is 11.3. The lowest BCUT2D eigenvalue weighted by Crippen LogP contribution is -2.21. The monoisotopic (exact) mass is 222 g/mol. The van der Waals surface area contributed by atoms with Crippen LogP contribution in [0.1, 0.15) is 31.7 Å². The smallest absolute Gasteiger partial charge is 0.177 e. The Morgan fingerprint density at radius 1 is 1.50 bits per heavy atom. The molecule has 0 aliphatic rings. The molecule has 0 fully saturated rings. The van der Waals surface area contributed by atoms with Gasteiger partial charge in [0.2, 0.25) is 0 Å². The number of nitrogens with zero attached hydrogens (tertiary/aromatic N) is 1. The van der Waals surface area contributed by atoms with Crippen molar-refractivity contribution in [2.45, 2.75) is 26.2 Å². The summed E-state index contributed by atoms with van der Waals surface area (Å²) < 4.78 is 5.50. The molecule has 0 saturated carbocycles. The Hall–Kier alpha value is -1.71. The highest BCUT2D eigenvalue weighted by atomic mass is 16.5. The molecule has 1 aromatic carbocycles. The van der Waals surface area contributed by atoms with Gasteiger partial charge in [-0.1, -0.05) is 37.2 Å².